The molecule has 59 valence electrons. The van der Waals surface area contributed by atoms with Crippen molar-refractivity contribution in [2.75, 3.05) is 0 Å². The van der Waals surface area contributed by atoms with Crippen molar-refractivity contribution < 1.29 is 0 Å². The molecule has 0 aliphatic heterocycles. The normalized spacial score (nSPS) is 11.0. The Balaban J connectivity index is 2.28. The second-order valence-corrected chi connectivity index (χ2v) is 5.13. The Morgan fingerprint density at radius 2 is 2.45 bits per heavy atom. The zero-order valence-corrected chi connectivity index (χ0v) is 8.70. The third kappa shape index (κ3) is 3.57. The number of hydrogen-bond donors (Lipinski definition) is 0. The molecule has 1 aromatic rings. The third-order valence-electron chi connectivity index (χ3n) is 1.45. The van der Waals surface area contributed by atoms with Crippen molar-refractivity contribution in [2.45, 2.75) is 25.0 Å². The fourth-order valence-electron chi connectivity index (χ4n) is 0.814. The first-order valence-corrected chi connectivity index (χ1v) is 6.27. The van der Waals surface area contributed by atoms with Crippen LogP contribution >= 0.6 is 0 Å². The summed E-state index contributed by atoms with van der Waals surface area (Å²) >= 11 is 0.394. The zero-order valence-electron chi connectivity index (χ0n) is 6.83. The summed E-state index contributed by atoms with van der Waals surface area (Å²) in [5.74, 6) is 0. The molecular weight excluding hydrogens is 197 g/mol. The maximum atomic E-state index is 4.09. The number of unbranched alkanes of at least 4 members (excludes halogenated alkanes) is 1. The van der Waals surface area contributed by atoms with Gasteiger partial charge in [-0.25, -0.2) is 0 Å². The SMILES string of the molecule is CCCC[As]c1cccnc1. The molecule has 0 aliphatic rings. The summed E-state index contributed by atoms with van der Waals surface area (Å²) < 4.78 is 1.46. The molecule has 0 atom stereocenters. The van der Waals surface area contributed by atoms with Crippen LogP contribution in [0.5, 0.6) is 0 Å². The van der Waals surface area contributed by atoms with E-state index < -0.39 is 0 Å². The van der Waals surface area contributed by atoms with Crippen LogP contribution < -0.4 is 4.35 Å². The van der Waals surface area contributed by atoms with Gasteiger partial charge >= 0.3 is 74.6 Å². The van der Waals surface area contributed by atoms with Crippen LogP contribution in [0, 0.1) is 0 Å². The Bertz CT molecular complexity index is 186. The number of nitrogens with zero attached hydrogens (tertiary/aromatic N) is 1. The van der Waals surface area contributed by atoms with E-state index in [0.29, 0.717) is 15.8 Å². The summed E-state index contributed by atoms with van der Waals surface area (Å²) in [4.78, 5) is 4.09. The molecular formula is C9H13AsN. The van der Waals surface area contributed by atoms with Gasteiger partial charge in [0.15, 0.2) is 0 Å². The molecule has 11 heavy (non-hydrogen) atoms. The van der Waals surface area contributed by atoms with Crippen LogP contribution in [0.1, 0.15) is 19.8 Å². The summed E-state index contributed by atoms with van der Waals surface area (Å²) in [6.45, 7) is 2.24. The summed E-state index contributed by atoms with van der Waals surface area (Å²) in [5.41, 5.74) is 0. The molecule has 0 fully saturated rings. The predicted octanol–water partition coefficient (Wildman–Crippen LogP) is 1.63. The number of pyridine rings is 1. The van der Waals surface area contributed by atoms with E-state index in [2.05, 4.69) is 18.0 Å². The van der Waals surface area contributed by atoms with Crippen LogP contribution in [0.15, 0.2) is 24.5 Å². The van der Waals surface area contributed by atoms with Gasteiger partial charge in [-0.2, -0.15) is 0 Å². The first-order chi connectivity index (χ1) is 5.43. The van der Waals surface area contributed by atoms with E-state index in [-0.39, 0.29) is 0 Å². The molecule has 1 rings (SSSR count). The standard InChI is InChI=1S/C9H13AsN/c1-2-3-6-10-9-5-4-7-11-8-9/h4-5,7-8H,2-3,6H2,1H3. The van der Waals surface area contributed by atoms with E-state index in [0.717, 1.165) is 0 Å². The van der Waals surface area contributed by atoms with E-state index in [9.17, 15) is 0 Å². The Morgan fingerprint density at radius 3 is 3.09 bits per heavy atom. The van der Waals surface area contributed by atoms with Crippen LogP contribution in [0.3, 0.4) is 0 Å². The average Bonchev–Trinajstić information content (AvgIpc) is 2.07. The quantitative estimate of drug-likeness (QED) is 0.543. The predicted molar refractivity (Wildman–Crippen MR) is 49.3 cm³/mol. The molecule has 0 bridgehead atoms. The van der Waals surface area contributed by atoms with Gasteiger partial charge in [-0.15, -0.1) is 0 Å². The monoisotopic (exact) mass is 210 g/mol. The summed E-state index contributed by atoms with van der Waals surface area (Å²) in [7, 11) is 0. The van der Waals surface area contributed by atoms with Gasteiger partial charge in [-0.1, -0.05) is 0 Å². The third-order valence-corrected chi connectivity index (χ3v) is 3.91. The average molecular weight is 210 g/mol. The fraction of sp³-hybridized carbons (Fsp3) is 0.444. The van der Waals surface area contributed by atoms with E-state index >= 15 is 0 Å². The minimum absolute atomic E-state index is 0.394. The van der Waals surface area contributed by atoms with E-state index in [1.54, 1.807) is 0 Å². The van der Waals surface area contributed by atoms with Gasteiger partial charge < -0.3 is 0 Å². The van der Waals surface area contributed by atoms with Crippen LogP contribution in [-0.4, -0.2) is 20.7 Å². The van der Waals surface area contributed by atoms with Crippen LogP contribution in [0.2, 0.25) is 5.21 Å². The van der Waals surface area contributed by atoms with Crippen molar-refractivity contribution in [3.05, 3.63) is 24.5 Å². The maximum absolute atomic E-state index is 4.09. The molecule has 1 radical (unpaired) electrons. The van der Waals surface area contributed by atoms with Crippen molar-refractivity contribution in [3.63, 3.8) is 0 Å². The molecule has 0 saturated heterocycles. The molecule has 1 nitrogen and oxygen atoms in total. The van der Waals surface area contributed by atoms with Gasteiger partial charge in [0.1, 0.15) is 0 Å². The summed E-state index contributed by atoms with van der Waals surface area (Å²) in [6.07, 6.45) is 6.52. The van der Waals surface area contributed by atoms with Gasteiger partial charge in [0.05, 0.1) is 0 Å². The Labute approximate surface area is 74.9 Å². The molecule has 1 heterocycles. The van der Waals surface area contributed by atoms with Crippen molar-refractivity contribution in [2.24, 2.45) is 0 Å². The van der Waals surface area contributed by atoms with Gasteiger partial charge in [0.25, 0.3) is 0 Å². The van der Waals surface area contributed by atoms with Crippen LogP contribution in [-0.2, 0) is 0 Å². The topological polar surface area (TPSA) is 12.9 Å². The molecule has 1 aromatic heterocycles. The molecule has 0 saturated carbocycles. The van der Waals surface area contributed by atoms with Gasteiger partial charge in [0, 0.05) is 0 Å². The zero-order chi connectivity index (χ0) is 7.94. The number of rotatable bonds is 4. The molecule has 0 aliphatic carbocycles. The fourth-order valence-corrected chi connectivity index (χ4v) is 3.06. The Morgan fingerprint density at radius 1 is 1.55 bits per heavy atom. The molecule has 0 amide bonds. The first kappa shape index (κ1) is 8.80. The van der Waals surface area contributed by atoms with Gasteiger partial charge in [-0.05, 0) is 0 Å². The molecule has 0 aromatic carbocycles. The van der Waals surface area contributed by atoms with E-state index in [4.69, 9.17) is 0 Å². The molecule has 0 spiro atoms. The minimum atomic E-state index is 0.394. The number of aromatic nitrogens is 1. The Hall–Kier alpha value is -0.292. The van der Waals surface area contributed by atoms with Crippen LogP contribution in [0.4, 0.5) is 0 Å². The number of hydrogen-bond acceptors (Lipinski definition) is 1. The first-order valence-electron chi connectivity index (χ1n) is 4.01. The summed E-state index contributed by atoms with van der Waals surface area (Å²) in [6, 6.07) is 4.21. The second kappa shape index (κ2) is 5.37. The van der Waals surface area contributed by atoms with Crippen molar-refractivity contribution >= 4 is 20.1 Å². The molecule has 0 unspecified atom stereocenters. The van der Waals surface area contributed by atoms with E-state index in [1.165, 1.54) is 22.4 Å². The molecule has 2 heteroatoms. The van der Waals surface area contributed by atoms with Gasteiger partial charge in [0.2, 0.25) is 0 Å². The van der Waals surface area contributed by atoms with E-state index in [1.807, 2.05) is 18.5 Å². The van der Waals surface area contributed by atoms with Gasteiger partial charge in [-0.3, -0.25) is 0 Å². The van der Waals surface area contributed by atoms with Crippen LogP contribution in [0.25, 0.3) is 0 Å². The van der Waals surface area contributed by atoms with Crippen molar-refractivity contribution in [1.29, 1.82) is 0 Å². The van der Waals surface area contributed by atoms with Crippen molar-refractivity contribution in [3.8, 4) is 0 Å². The molecule has 0 N–H and O–H groups in total. The second-order valence-electron chi connectivity index (χ2n) is 2.45. The van der Waals surface area contributed by atoms with Crippen molar-refractivity contribution in [1.82, 2.24) is 4.98 Å². The summed E-state index contributed by atoms with van der Waals surface area (Å²) in [5, 5.41) is 1.39. The Kier molecular flexibility index (Phi) is 4.30.